The molecule has 0 bridgehead atoms. The number of pyridine rings is 1. The molecule has 1 aliphatic heterocycles. The van der Waals surface area contributed by atoms with E-state index in [1.54, 1.807) is 17.0 Å². The molecule has 0 spiro atoms. The third-order valence-electron chi connectivity index (χ3n) is 4.96. The molecule has 1 aromatic carbocycles. The number of carbonyl (C=O) groups excluding carboxylic acids is 3. The third kappa shape index (κ3) is 5.64. The molecule has 2 aromatic rings. The van der Waals surface area contributed by atoms with Gasteiger partial charge in [-0.25, -0.2) is 4.79 Å². The Morgan fingerprint density at radius 1 is 1.03 bits per heavy atom. The third-order valence-corrected chi connectivity index (χ3v) is 4.96. The maximum atomic E-state index is 12.8. The van der Waals surface area contributed by atoms with Gasteiger partial charge in [-0.05, 0) is 36.2 Å². The van der Waals surface area contributed by atoms with E-state index in [9.17, 15) is 14.4 Å². The molecule has 1 saturated heterocycles. The predicted molar refractivity (Wildman–Crippen MR) is 112 cm³/mol. The van der Waals surface area contributed by atoms with E-state index < -0.39 is 5.97 Å². The Labute approximate surface area is 175 Å². The standard InChI is InChI=1S/C22H26N4O4/c1-16(27)24-19-7-4-17(5-8-19)15-25-10-3-11-26(13-12-25)21(28)20-9-6-18(14-23-20)22(29)30-2/h4-9,14H,3,10-13,15H2,1-2H3,(H,24,27). The van der Waals surface area contributed by atoms with Crippen LogP contribution in [0, 0.1) is 0 Å². The number of esters is 1. The van der Waals surface area contributed by atoms with Crippen LogP contribution in [0.15, 0.2) is 42.6 Å². The number of rotatable bonds is 5. The number of methoxy groups -OCH3 is 1. The van der Waals surface area contributed by atoms with Gasteiger partial charge in [0.2, 0.25) is 5.91 Å². The molecule has 2 heterocycles. The highest BCUT2D eigenvalue weighted by Gasteiger charge is 2.21. The number of ether oxygens (including phenoxy) is 1. The summed E-state index contributed by atoms with van der Waals surface area (Å²) in [7, 11) is 1.31. The van der Waals surface area contributed by atoms with E-state index >= 15 is 0 Å². The molecule has 8 heteroatoms. The summed E-state index contributed by atoms with van der Waals surface area (Å²) in [5, 5.41) is 2.76. The summed E-state index contributed by atoms with van der Waals surface area (Å²) in [4.78, 5) is 43.7. The number of hydrogen-bond donors (Lipinski definition) is 1. The topological polar surface area (TPSA) is 91.8 Å². The lowest BCUT2D eigenvalue weighted by atomic mass is 10.2. The summed E-state index contributed by atoms with van der Waals surface area (Å²) in [6.07, 6.45) is 2.24. The maximum Gasteiger partial charge on any atom is 0.339 e. The van der Waals surface area contributed by atoms with Gasteiger partial charge in [0.1, 0.15) is 5.69 Å². The normalized spacial score (nSPS) is 14.7. The molecule has 0 radical (unpaired) electrons. The second-order valence-corrected chi connectivity index (χ2v) is 7.22. The second kappa shape index (κ2) is 9.98. The average Bonchev–Trinajstić information content (AvgIpc) is 2.99. The highest BCUT2D eigenvalue weighted by Crippen LogP contribution is 2.14. The molecule has 1 aliphatic rings. The Balaban J connectivity index is 1.56. The van der Waals surface area contributed by atoms with Crippen molar-refractivity contribution in [3.05, 3.63) is 59.4 Å². The molecule has 3 rings (SSSR count). The van der Waals surface area contributed by atoms with E-state index in [0.717, 1.165) is 37.3 Å². The van der Waals surface area contributed by atoms with Crippen LogP contribution < -0.4 is 5.32 Å². The minimum absolute atomic E-state index is 0.0885. The van der Waals surface area contributed by atoms with E-state index in [2.05, 4.69) is 19.9 Å². The van der Waals surface area contributed by atoms with Crippen molar-refractivity contribution in [3.8, 4) is 0 Å². The fourth-order valence-corrected chi connectivity index (χ4v) is 3.41. The molecule has 1 N–H and O–H groups in total. The number of anilines is 1. The molecule has 8 nitrogen and oxygen atoms in total. The number of benzene rings is 1. The minimum Gasteiger partial charge on any atom is -0.465 e. The summed E-state index contributed by atoms with van der Waals surface area (Å²) >= 11 is 0. The van der Waals surface area contributed by atoms with Crippen molar-refractivity contribution in [3.63, 3.8) is 0 Å². The van der Waals surface area contributed by atoms with Crippen LogP contribution in [-0.2, 0) is 16.1 Å². The van der Waals surface area contributed by atoms with Crippen LogP contribution in [0.5, 0.6) is 0 Å². The van der Waals surface area contributed by atoms with E-state index in [4.69, 9.17) is 0 Å². The molecule has 0 unspecified atom stereocenters. The van der Waals surface area contributed by atoms with Gasteiger partial charge < -0.3 is 15.0 Å². The number of nitrogens with one attached hydrogen (secondary N) is 1. The summed E-state index contributed by atoms with van der Waals surface area (Å²) in [5.74, 6) is -0.695. The van der Waals surface area contributed by atoms with Gasteiger partial charge in [-0.3, -0.25) is 19.5 Å². The first-order chi connectivity index (χ1) is 14.5. The molecular weight excluding hydrogens is 384 g/mol. The lowest BCUT2D eigenvalue weighted by molar-refractivity contribution is -0.114. The first kappa shape index (κ1) is 21.4. The van der Waals surface area contributed by atoms with Gasteiger partial charge in [-0.2, -0.15) is 0 Å². The van der Waals surface area contributed by atoms with E-state index in [1.165, 1.54) is 20.2 Å². The number of aromatic nitrogens is 1. The van der Waals surface area contributed by atoms with Gasteiger partial charge in [0.25, 0.3) is 5.91 Å². The molecule has 0 saturated carbocycles. The van der Waals surface area contributed by atoms with Crippen molar-refractivity contribution in [1.82, 2.24) is 14.8 Å². The second-order valence-electron chi connectivity index (χ2n) is 7.22. The van der Waals surface area contributed by atoms with Crippen molar-refractivity contribution in [2.45, 2.75) is 19.9 Å². The molecule has 1 aromatic heterocycles. The molecular formula is C22H26N4O4. The van der Waals surface area contributed by atoms with Crippen molar-refractivity contribution in [2.75, 3.05) is 38.6 Å². The Bertz CT molecular complexity index is 896. The highest BCUT2D eigenvalue weighted by atomic mass is 16.5. The van der Waals surface area contributed by atoms with E-state index in [-0.39, 0.29) is 11.8 Å². The zero-order valence-electron chi connectivity index (χ0n) is 17.3. The van der Waals surface area contributed by atoms with Crippen molar-refractivity contribution in [1.29, 1.82) is 0 Å². The summed E-state index contributed by atoms with van der Waals surface area (Å²) in [6.45, 7) is 5.21. The van der Waals surface area contributed by atoms with Crippen LogP contribution in [0.25, 0.3) is 0 Å². The van der Waals surface area contributed by atoms with Gasteiger partial charge >= 0.3 is 5.97 Å². The molecule has 1 fully saturated rings. The van der Waals surface area contributed by atoms with Gasteiger partial charge in [0.15, 0.2) is 0 Å². The van der Waals surface area contributed by atoms with Crippen LogP contribution >= 0.6 is 0 Å². The number of amides is 2. The summed E-state index contributed by atoms with van der Waals surface area (Å²) in [5.41, 5.74) is 2.58. The quantitative estimate of drug-likeness (QED) is 0.760. The van der Waals surface area contributed by atoms with E-state index in [0.29, 0.717) is 24.3 Å². The van der Waals surface area contributed by atoms with Crippen LogP contribution in [0.1, 0.15) is 39.8 Å². The van der Waals surface area contributed by atoms with E-state index in [1.807, 2.05) is 24.3 Å². The van der Waals surface area contributed by atoms with Crippen molar-refractivity contribution < 1.29 is 19.1 Å². The van der Waals surface area contributed by atoms with Gasteiger partial charge in [0, 0.05) is 51.5 Å². The Morgan fingerprint density at radius 2 is 1.80 bits per heavy atom. The monoisotopic (exact) mass is 410 g/mol. The SMILES string of the molecule is COC(=O)c1ccc(C(=O)N2CCCN(Cc3ccc(NC(C)=O)cc3)CC2)nc1. The first-order valence-electron chi connectivity index (χ1n) is 9.89. The van der Waals surface area contributed by atoms with Crippen molar-refractivity contribution >= 4 is 23.5 Å². The Hall–Kier alpha value is -3.26. The summed E-state index contributed by atoms with van der Waals surface area (Å²) < 4.78 is 4.66. The molecule has 30 heavy (non-hydrogen) atoms. The van der Waals surface area contributed by atoms with Gasteiger partial charge in [-0.15, -0.1) is 0 Å². The molecule has 0 aliphatic carbocycles. The summed E-state index contributed by atoms with van der Waals surface area (Å²) in [6, 6.07) is 10.9. The largest absolute Gasteiger partial charge is 0.465 e. The molecule has 0 atom stereocenters. The average molecular weight is 410 g/mol. The van der Waals surface area contributed by atoms with Crippen LogP contribution in [0.2, 0.25) is 0 Å². The maximum absolute atomic E-state index is 12.8. The zero-order valence-corrected chi connectivity index (χ0v) is 17.3. The molecule has 2 amide bonds. The molecule has 158 valence electrons. The number of nitrogens with zero attached hydrogens (tertiary/aromatic N) is 3. The Morgan fingerprint density at radius 3 is 2.43 bits per heavy atom. The fraction of sp³-hybridized carbons (Fsp3) is 0.364. The lowest BCUT2D eigenvalue weighted by Gasteiger charge is -2.22. The van der Waals surface area contributed by atoms with Crippen LogP contribution in [-0.4, -0.2) is 65.9 Å². The predicted octanol–water partition coefficient (Wildman–Crippen LogP) is 2.17. The van der Waals surface area contributed by atoms with Crippen molar-refractivity contribution in [2.24, 2.45) is 0 Å². The lowest BCUT2D eigenvalue weighted by Crippen LogP contribution is -2.35. The van der Waals surface area contributed by atoms with Gasteiger partial charge in [0.05, 0.1) is 12.7 Å². The van der Waals surface area contributed by atoms with Crippen LogP contribution in [0.3, 0.4) is 0 Å². The highest BCUT2D eigenvalue weighted by molar-refractivity contribution is 5.94. The fourth-order valence-electron chi connectivity index (χ4n) is 3.41. The number of hydrogen-bond acceptors (Lipinski definition) is 6. The van der Waals surface area contributed by atoms with Gasteiger partial charge in [-0.1, -0.05) is 12.1 Å². The smallest absolute Gasteiger partial charge is 0.339 e. The zero-order chi connectivity index (χ0) is 21.5. The number of carbonyl (C=O) groups is 3. The Kier molecular flexibility index (Phi) is 7.13. The minimum atomic E-state index is -0.475. The first-order valence-corrected chi connectivity index (χ1v) is 9.89. The van der Waals surface area contributed by atoms with Crippen LogP contribution in [0.4, 0.5) is 5.69 Å².